The van der Waals surface area contributed by atoms with Crippen LogP contribution in [0.15, 0.2) is 0 Å². The SMILES string of the molecule is CC(C)(C)OC(=O)CCC1CC1C=O. The third kappa shape index (κ3) is 3.90. The lowest BCUT2D eigenvalue weighted by molar-refractivity contribution is -0.155. The average Bonchev–Trinajstić information content (AvgIpc) is 2.76. The average molecular weight is 198 g/mol. The Morgan fingerprint density at radius 2 is 2.14 bits per heavy atom. The minimum Gasteiger partial charge on any atom is -0.460 e. The summed E-state index contributed by atoms with van der Waals surface area (Å²) in [5.41, 5.74) is -0.398. The highest BCUT2D eigenvalue weighted by atomic mass is 16.6. The van der Waals surface area contributed by atoms with E-state index in [9.17, 15) is 9.59 Å². The predicted molar refractivity (Wildman–Crippen MR) is 52.7 cm³/mol. The number of aldehydes is 1. The highest BCUT2D eigenvalue weighted by molar-refractivity contribution is 5.70. The van der Waals surface area contributed by atoms with Crippen molar-refractivity contribution in [2.45, 2.75) is 45.6 Å². The van der Waals surface area contributed by atoms with Crippen molar-refractivity contribution in [1.82, 2.24) is 0 Å². The van der Waals surface area contributed by atoms with Crippen LogP contribution >= 0.6 is 0 Å². The maximum atomic E-state index is 11.3. The Kier molecular flexibility index (Phi) is 3.29. The van der Waals surface area contributed by atoms with Crippen LogP contribution in [0.4, 0.5) is 0 Å². The first kappa shape index (κ1) is 11.2. The molecule has 1 fully saturated rings. The van der Waals surface area contributed by atoms with E-state index in [1.807, 2.05) is 20.8 Å². The van der Waals surface area contributed by atoms with Crippen LogP contribution in [0.5, 0.6) is 0 Å². The van der Waals surface area contributed by atoms with E-state index in [4.69, 9.17) is 4.74 Å². The number of carbonyl (C=O) groups is 2. The van der Waals surface area contributed by atoms with Crippen molar-refractivity contribution < 1.29 is 14.3 Å². The first-order valence-electron chi connectivity index (χ1n) is 5.09. The molecular weight excluding hydrogens is 180 g/mol. The van der Waals surface area contributed by atoms with E-state index in [-0.39, 0.29) is 11.9 Å². The standard InChI is InChI=1S/C11H18O3/c1-11(2,3)14-10(13)5-4-8-6-9(8)7-12/h7-9H,4-6H2,1-3H3. The largest absolute Gasteiger partial charge is 0.460 e. The van der Waals surface area contributed by atoms with Gasteiger partial charge < -0.3 is 9.53 Å². The molecule has 1 saturated carbocycles. The molecule has 0 aromatic rings. The van der Waals surface area contributed by atoms with Gasteiger partial charge in [-0.1, -0.05) is 0 Å². The lowest BCUT2D eigenvalue weighted by Crippen LogP contribution is -2.23. The molecule has 1 rings (SSSR count). The molecule has 0 radical (unpaired) electrons. The van der Waals surface area contributed by atoms with Crippen LogP contribution in [0.25, 0.3) is 0 Å². The molecule has 0 heterocycles. The number of carbonyl (C=O) groups excluding carboxylic acids is 2. The van der Waals surface area contributed by atoms with Crippen molar-refractivity contribution in [3.63, 3.8) is 0 Å². The number of hydrogen-bond donors (Lipinski definition) is 0. The van der Waals surface area contributed by atoms with Gasteiger partial charge in [-0.15, -0.1) is 0 Å². The first-order chi connectivity index (χ1) is 6.42. The zero-order valence-electron chi connectivity index (χ0n) is 9.08. The third-order valence-electron chi connectivity index (χ3n) is 2.29. The fourth-order valence-electron chi connectivity index (χ4n) is 1.47. The minimum absolute atomic E-state index is 0.158. The number of ether oxygens (including phenoxy) is 1. The molecule has 0 bridgehead atoms. The summed E-state index contributed by atoms with van der Waals surface area (Å²) in [6.45, 7) is 5.57. The molecule has 0 aliphatic heterocycles. The van der Waals surface area contributed by atoms with Gasteiger partial charge in [-0.3, -0.25) is 4.79 Å². The molecule has 0 N–H and O–H groups in total. The summed E-state index contributed by atoms with van der Waals surface area (Å²) < 4.78 is 5.16. The molecule has 3 heteroatoms. The summed E-state index contributed by atoms with van der Waals surface area (Å²) in [6.07, 6.45) is 3.16. The fraction of sp³-hybridized carbons (Fsp3) is 0.818. The first-order valence-corrected chi connectivity index (χ1v) is 5.09. The second-order valence-electron chi connectivity index (χ2n) is 4.92. The van der Waals surface area contributed by atoms with Crippen LogP contribution in [-0.4, -0.2) is 17.9 Å². The summed E-state index contributed by atoms with van der Waals surface area (Å²) >= 11 is 0. The van der Waals surface area contributed by atoms with Crippen LogP contribution in [0.1, 0.15) is 40.0 Å². The molecule has 1 aliphatic rings. The Bertz CT molecular complexity index is 227. The van der Waals surface area contributed by atoms with Gasteiger partial charge in [-0.05, 0) is 39.5 Å². The van der Waals surface area contributed by atoms with Crippen LogP contribution < -0.4 is 0 Å². The van der Waals surface area contributed by atoms with Crippen molar-refractivity contribution in [2.24, 2.45) is 11.8 Å². The Morgan fingerprint density at radius 1 is 1.50 bits per heavy atom. The molecule has 0 aromatic carbocycles. The molecule has 14 heavy (non-hydrogen) atoms. The van der Waals surface area contributed by atoms with E-state index in [1.54, 1.807) is 0 Å². The minimum atomic E-state index is -0.398. The summed E-state index contributed by atoms with van der Waals surface area (Å²) in [6, 6.07) is 0. The van der Waals surface area contributed by atoms with Crippen LogP contribution in [0.2, 0.25) is 0 Å². The maximum absolute atomic E-state index is 11.3. The van der Waals surface area contributed by atoms with Gasteiger partial charge in [0.1, 0.15) is 11.9 Å². The van der Waals surface area contributed by atoms with Gasteiger partial charge in [-0.25, -0.2) is 0 Å². The zero-order valence-corrected chi connectivity index (χ0v) is 9.08. The Labute approximate surface area is 84.8 Å². The topological polar surface area (TPSA) is 43.4 Å². The van der Waals surface area contributed by atoms with Gasteiger partial charge in [0.05, 0.1) is 0 Å². The van der Waals surface area contributed by atoms with E-state index >= 15 is 0 Å². The molecule has 1 aliphatic carbocycles. The molecule has 2 atom stereocenters. The molecule has 0 spiro atoms. The lowest BCUT2D eigenvalue weighted by atomic mass is 10.1. The number of esters is 1. The Balaban J connectivity index is 2.13. The van der Waals surface area contributed by atoms with Crippen LogP contribution in [0.3, 0.4) is 0 Å². The van der Waals surface area contributed by atoms with E-state index in [0.29, 0.717) is 12.3 Å². The molecule has 2 unspecified atom stereocenters. The second-order valence-corrected chi connectivity index (χ2v) is 4.92. The predicted octanol–water partition coefficient (Wildman–Crippen LogP) is 1.94. The Morgan fingerprint density at radius 3 is 2.57 bits per heavy atom. The van der Waals surface area contributed by atoms with Gasteiger partial charge in [0, 0.05) is 12.3 Å². The van der Waals surface area contributed by atoms with Crippen molar-refractivity contribution >= 4 is 12.3 Å². The third-order valence-corrected chi connectivity index (χ3v) is 2.29. The maximum Gasteiger partial charge on any atom is 0.306 e. The molecule has 0 saturated heterocycles. The van der Waals surface area contributed by atoms with Crippen LogP contribution in [-0.2, 0) is 14.3 Å². The summed E-state index contributed by atoms with van der Waals surface area (Å²) in [5.74, 6) is 0.478. The van der Waals surface area contributed by atoms with E-state index < -0.39 is 5.60 Å². The van der Waals surface area contributed by atoms with Crippen LogP contribution in [0, 0.1) is 11.8 Å². The monoisotopic (exact) mass is 198 g/mol. The fourth-order valence-corrected chi connectivity index (χ4v) is 1.47. The highest BCUT2D eigenvalue weighted by Gasteiger charge is 2.36. The summed E-state index contributed by atoms with van der Waals surface area (Å²) in [7, 11) is 0. The zero-order chi connectivity index (χ0) is 10.8. The second kappa shape index (κ2) is 4.11. The molecule has 3 nitrogen and oxygen atoms in total. The van der Waals surface area contributed by atoms with E-state index in [2.05, 4.69) is 0 Å². The quantitative estimate of drug-likeness (QED) is 0.512. The number of rotatable bonds is 4. The molecule has 0 aromatic heterocycles. The smallest absolute Gasteiger partial charge is 0.306 e. The summed E-state index contributed by atoms with van der Waals surface area (Å²) in [5, 5.41) is 0. The van der Waals surface area contributed by atoms with Gasteiger partial charge >= 0.3 is 5.97 Å². The Hall–Kier alpha value is -0.860. The van der Waals surface area contributed by atoms with Gasteiger partial charge in [0.2, 0.25) is 0 Å². The summed E-state index contributed by atoms with van der Waals surface area (Å²) in [4.78, 5) is 21.6. The van der Waals surface area contributed by atoms with Crippen molar-refractivity contribution in [1.29, 1.82) is 0 Å². The van der Waals surface area contributed by atoms with Crippen molar-refractivity contribution in [3.8, 4) is 0 Å². The molecular formula is C11H18O3. The van der Waals surface area contributed by atoms with Gasteiger partial charge in [0.15, 0.2) is 0 Å². The van der Waals surface area contributed by atoms with Crippen molar-refractivity contribution in [3.05, 3.63) is 0 Å². The highest BCUT2D eigenvalue weighted by Crippen LogP contribution is 2.40. The van der Waals surface area contributed by atoms with E-state index in [0.717, 1.165) is 19.1 Å². The van der Waals surface area contributed by atoms with Crippen molar-refractivity contribution in [2.75, 3.05) is 0 Å². The number of hydrogen-bond acceptors (Lipinski definition) is 3. The lowest BCUT2D eigenvalue weighted by Gasteiger charge is -2.19. The molecule has 0 amide bonds. The van der Waals surface area contributed by atoms with E-state index in [1.165, 1.54) is 0 Å². The van der Waals surface area contributed by atoms with Gasteiger partial charge in [0.25, 0.3) is 0 Å². The molecule has 80 valence electrons. The normalized spacial score (nSPS) is 25.6. The van der Waals surface area contributed by atoms with Gasteiger partial charge in [-0.2, -0.15) is 0 Å².